The van der Waals surface area contributed by atoms with E-state index in [4.69, 9.17) is 9.47 Å². The summed E-state index contributed by atoms with van der Waals surface area (Å²) >= 11 is 1.51. The number of allylic oxidation sites excluding steroid dienone is 1. The van der Waals surface area contributed by atoms with Gasteiger partial charge >= 0.3 is 5.97 Å². The zero-order valence-electron chi connectivity index (χ0n) is 30.4. The average Bonchev–Trinajstić information content (AvgIpc) is 3.41. The number of nitrogens with one attached hydrogen (secondary N) is 2. The highest BCUT2D eigenvalue weighted by molar-refractivity contribution is 8.11. The Hall–Kier alpha value is -3.97. The van der Waals surface area contributed by atoms with E-state index in [1.807, 2.05) is 45.4 Å². The molecule has 0 saturated carbocycles. The van der Waals surface area contributed by atoms with Crippen LogP contribution >= 0.6 is 11.8 Å². The van der Waals surface area contributed by atoms with E-state index >= 15 is 0 Å². The summed E-state index contributed by atoms with van der Waals surface area (Å²) in [5.41, 5.74) is 2.60. The van der Waals surface area contributed by atoms with E-state index in [0.29, 0.717) is 82.5 Å². The van der Waals surface area contributed by atoms with Gasteiger partial charge in [-0.25, -0.2) is 0 Å². The molecule has 13 heteroatoms. The number of pyridine rings is 1. The number of fused-ring (bicyclic) bond motifs is 6. The van der Waals surface area contributed by atoms with Gasteiger partial charge in [0.25, 0.3) is 11.8 Å². The third kappa shape index (κ3) is 11.3. The van der Waals surface area contributed by atoms with Crippen LogP contribution in [0.15, 0.2) is 41.6 Å². The number of aryl methyl sites for hydroxylation is 1. The van der Waals surface area contributed by atoms with Crippen LogP contribution < -0.4 is 10.6 Å². The summed E-state index contributed by atoms with van der Waals surface area (Å²) in [7, 11) is 0. The zero-order valence-corrected chi connectivity index (χ0v) is 31.2. The lowest BCUT2D eigenvalue weighted by atomic mass is 9.97. The molecule has 2 N–H and O–H groups in total. The fourth-order valence-corrected chi connectivity index (χ4v) is 7.44. The molecular weight excluding hydrogens is 669 g/mol. The Balaban J connectivity index is 1.33. The third-order valence-electron chi connectivity index (χ3n) is 9.20. The Kier molecular flexibility index (Phi) is 13.5. The monoisotopic (exact) mass is 720 g/mol. The smallest absolute Gasteiger partial charge is 0.306 e. The zero-order chi connectivity index (χ0) is 36.4. The van der Waals surface area contributed by atoms with Gasteiger partial charge in [-0.3, -0.25) is 28.8 Å². The molecular formula is C38H52N6O6S. The number of thioether (sulfide) groups is 1. The lowest BCUT2D eigenvalue weighted by molar-refractivity contribution is -0.154. The van der Waals surface area contributed by atoms with Crippen molar-refractivity contribution in [2.75, 3.05) is 38.2 Å². The first-order valence-electron chi connectivity index (χ1n) is 18.2. The van der Waals surface area contributed by atoms with Crippen LogP contribution in [0.5, 0.6) is 0 Å². The van der Waals surface area contributed by atoms with Crippen molar-refractivity contribution in [2.45, 2.75) is 104 Å². The molecule has 5 heterocycles. The molecule has 0 aliphatic carbocycles. The molecule has 1 saturated heterocycles. The molecule has 5 rings (SSSR count). The average molecular weight is 721 g/mol. The number of carbonyl (C=O) groups excluding carboxylic acids is 4. The van der Waals surface area contributed by atoms with Gasteiger partial charge in [0, 0.05) is 74.3 Å². The van der Waals surface area contributed by atoms with Gasteiger partial charge in [0.1, 0.15) is 5.60 Å². The number of hydrogen-bond donors (Lipinski definition) is 2. The maximum Gasteiger partial charge on any atom is 0.306 e. The molecule has 51 heavy (non-hydrogen) atoms. The van der Waals surface area contributed by atoms with Gasteiger partial charge in [-0.1, -0.05) is 31.2 Å². The summed E-state index contributed by atoms with van der Waals surface area (Å²) in [6.45, 7) is 9.86. The summed E-state index contributed by atoms with van der Waals surface area (Å²) < 4.78 is 12.7. The van der Waals surface area contributed by atoms with E-state index in [1.54, 1.807) is 15.8 Å². The summed E-state index contributed by atoms with van der Waals surface area (Å²) in [5, 5.41) is 12.6. The predicted molar refractivity (Wildman–Crippen MR) is 198 cm³/mol. The van der Waals surface area contributed by atoms with Crippen molar-refractivity contribution in [1.29, 1.82) is 0 Å². The summed E-state index contributed by atoms with van der Waals surface area (Å²) in [4.78, 5) is 60.4. The molecule has 1 atom stereocenters. The first-order valence-corrected chi connectivity index (χ1v) is 19.1. The van der Waals surface area contributed by atoms with Crippen LogP contribution in [0.1, 0.15) is 113 Å². The van der Waals surface area contributed by atoms with Crippen LogP contribution in [-0.4, -0.2) is 81.8 Å². The topological polar surface area (TPSA) is 145 Å². The van der Waals surface area contributed by atoms with Gasteiger partial charge in [-0.05, 0) is 94.7 Å². The minimum absolute atomic E-state index is 0.00218. The van der Waals surface area contributed by atoms with E-state index in [-0.39, 0.29) is 42.0 Å². The van der Waals surface area contributed by atoms with Crippen LogP contribution in [0.4, 0.5) is 5.69 Å². The number of ether oxygens (including phenoxy) is 2. The minimum Gasteiger partial charge on any atom is -0.460 e. The number of nitrogens with zero attached hydrogens (tertiary/aromatic N) is 4. The maximum atomic E-state index is 13.8. The first-order chi connectivity index (χ1) is 24.5. The number of hydrogen-bond acceptors (Lipinski definition) is 9. The number of rotatable bonds is 7. The van der Waals surface area contributed by atoms with Crippen molar-refractivity contribution < 1.29 is 28.7 Å². The Morgan fingerprint density at radius 3 is 2.65 bits per heavy atom. The Bertz CT molecular complexity index is 1620. The highest BCUT2D eigenvalue weighted by Crippen LogP contribution is 2.36. The van der Waals surface area contributed by atoms with Crippen molar-refractivity contribution in [3.63, 3.8) is 0 Å². The van der Waals surface area contributed by atoms with E-state index in [0.717, 1.165) is 35.4 Å². The van der Waals surface area contributed by atoms with Crippen LogP contribution in [0, 0.1) is 5.92 Å². The summed E-state index contributed by atoms with van der Waals surface area (Å²) in [6, 6.07) is 4.13. The van der Waals surface area contributed by atoms with Crippen LogP contribution in [0.25, 0.3) is 4.91 Å². The van der Waals surface area contributed by atoms with E-state index in [9.17, 15) is 19.2 Å². The number of amides is 3. The molecule has 1 fully saturated rings. The standard InChI is InChI=1S/C38H52N6O6S/c1-26-12-13-32-27-14-17-39-28(23-27)9-8-19-43(33(45)10-6-5-7-11-34(46)50-38(2,3)4)20-18-40-37(48)35-31(41-36(47)30(26)25-51-32)24-44(42-35)29-15-21-49-22-16-29/h13-14,17,23-26,29H,5-12,15-16,18-22H2,1-4H3,(H,40,48)(H,41,47). The highest BCUT2D eigenvalue weighted by atomic mass is 32.2. The fraction of sp³-hybridized carbons (Fsp3) is 0.579. The van der Waals surface area contributed by atoms with E-state index in [2.05, 4.69) is 32.9 Å². The van der Waals surface area contributed by atoms with Gasteiger partial charge in [0.05, 0.1) is 11.7 Å². The molecule has 276 valence electrons. The van der Waals surface area contributed by atoms with Crippen LogP contribution in [0.3, 0.4) is 0 Å². The quantitative estimate of drug-likeness (QED) is 0.258. The highest BCUT2D eigenvalue weighted by Gasteiger charge is 2.27. The van der Waals surface area contributed by atoms with Gasteiger partial charge in [-0.15, -0.1) is 0 Å². The molecule has 3 amide bonds. The van der Waals surface area contributed by atoms with Gasteiger partial charge < -0.3 is 25.0 Å². The summed E-state index contributed by atoms with van der Waals surface area (Å²) in [5.74, 6) is -0.928. The predicted octanol–water partition coefficient (Wildman–Crippen LogP) is 6.06. The molecule has 2 aromatic heterocycles. The largest absolute Gasteiger partial charge is 0.460 e. The molecule has 0 spiro atoms. The Morgan fingerprint density at radius 1 is 1.08 bits per heavy atom. The number of esters is 1. The van der Waals surface area contributed by atoms with Gasteiger partial charge in [-0.2, -0.15) is 5.10 Å². The second-order valence-electron chi connectivity index (χ2n) is 14.5. The third-order valence-corrected chi connectivity index (χ3v) is 10.2. The second kappa shape index (κ2) is 18.0. The van der Waals surface area contributed by atoms with Gasteiger partial charge in [0.2, 0.25) is 5.91 Å². The molecule has 12 nitrogen and oxygen atoms in total. The lowest BCUT2D eigenvalue weighted by Crippen LogP contribution is -2.39. The normalized spacial score (nSPS) is 19.7. The van der Waals surface area contributed by atoms with Crippen molar-refractivity contribution in [3.05, 3.63) is 58.5 Å². The Morgan fingerprint density at radius 2 is 1.86 bits per heavy atom. The first kappa shape index (κ1) is 38.3. The minimum atomic E-state index is -0.513. The molecule has 1 unspecified atom stereocenters. The number of carbonyl (C=O) groups is 4. The van der Waals surface area contributed by atoms with Crippen molar-refractivity contribution in [3.8, 4) is 0 Å². The van der Waals surface area contributed by atoms with E-state index < -0.39 is 11.5 Å². The van der Waals surface area contributed by atoms with Crippen molar-refractivity contribution in [1.82, 2.24) is 25.0 Å². The molecule has 0 aromatic carbocycles. The lowest BCUT2D eigenvalue weighted by Gasteiger charge is -2.23. The number of anilines is 1. The molecule has 3 aliphatic rings. The SMILES string of the molecule is CC1CC=C2SC=C1C(=O)Nc1cn(C3CCOCC3)nc1C(=O)NCCN(C(=O)CCCCCC(=O)OC(C)(C)C)CCCc1cc2ccn1. The van der Waals surface area contributed by atoms with Crippen molar-refractivity contribution in [2.24, 2.45) is 5.92 Å². The maximum absolute atomic E-state index is 13.8. The number of unbranched alkanes of at least 4 members (excludes halogenated alkanes) is 2. The van der Waals surface area contributed by atoms with Gasteiger partial charge in [0.15, 0.2) is 5.69 Å². The van der Waals surface area contributed by atoms with Crippen LogP contribution in [0.2, 0.25) is 0 Å². The summed E-state index contributed by atoms with van der Waals surface area (Å²) in [6.07, 6.45) is 12.1. The fourth-order valence-electron chi connectivity index (χ4n) is 6.39. The number of aromatic nitrogens is 3. The molecule has 0 radical (unpaired) electrons. The molecule has 4 bridgehead atoms. The second-order valence-corrected chi connectivity index (χ2v) is 15.4. The van der Waals surface area contributed by atoms with E-state index in [1.165, 1.54) is 11.8 Å². The molecule has 3 aliphatic heterocycles. The Labute approximate surface area is 305 Å². The molecule has 2 aromatic rings. The van der Waals surface area contributed by atoms with Crippen molar-refractivity contribution >= 4 is 46.0 Å². The van der Waals surface area contributed by atoms with Crippen LogP contribution in [-0.2, 0) is 30.3 Å².